The van der Waals surface area contributed by atoms with Crippen molar-refractivity contribution in [2.45, 2.75) is 6.42 Å². The normalized spacial score (nSPS) is 10.4. The van der Waals surface area contributed by atoms with Crippen LogP contribution in [0, 0.1) is 11.6 Å². The van der Waals surface area contributed by atoms with E-state index in [0.717, 1.165) is 18.6 Å². The molecule has 0 fully saturated rings. The van der Waals surface area contributed by atoms with Gasteiger partial charge in [-0.05, 0) is 30.7 Å². The Morgan fingerprint density at radius 3 is 2.70 bits per heavy atom. The molecule has 5 nitrogen and oxygen atoms in total. The van der Waals surface area contributed by atoms with E-state index in [4.69, 9.17) is 4.74 Å². The van der Waals surface area contributed by atoms with Crippen LogP contribution in [0.15, 0.2) is 36.5 Å². The Balaban J connectivity index is 2.05. The quantitative estimate of drug-likeness (QED) is 0.769. The second-order valence-corrected chi connectivity index (χ2v) is 4.75. The SMILES string of the molecule is COCCCNc1ccnc(C(=O)Nc2c(F)cccc2F)c1. The number of hydrogen-bond donors (Lipinski definition) is 2. The summed E-state index contributed by atoms with van der Waals surface area (Å²) in [6, 6.07) is 6.58. The van der Waals surface area contributed by atoms with Crippen LogP contribution >= 0.6 is 0 Å². The summed E-state index contributed by atoms with van der Waals surface area (Å²) in [7, 11) is 1.62. The molecule has 1 heterocycles. The average molecular weight is 321 g/mol. The molecule has 0 unspecified atom stereocenters. The highest BCUT2D eigenvalue weighted by molar-refractivity contribution is 6.03. The van der Waals surface area contributed by atoms with Gasteiger partial charge in [-0.1, -0.05) is 6.07 Å². The number of amides is 1. The number of halogens is 2. The van der Waals surface area contributed by atoms with Crippen LogP contribution in [-0.2, 0) is 4.74 Å². The van der Waals surface area contributed by atoms with E-state index >= 15 is 0 Å². The van der Waals surface area contributed by atoms with E-state index in [0.29, 0.717) is 18.8 Å². The van der Waals surface area contributed by atoms with Crippen LogP contribution in [-0.4, -0.2) is 31.2 Å². The number of anilines is 2. The molecule has 1 amide bonds. The summed E-state index contributed by atoms with van der Waals surface area (Å²) in [5, 5.41) is 5.31. The number of carbonyl (C=O) groups is 1. The van der Waals surface area contributed by atoms with Crippen LogP contribution in [0.1, 0.15) is 16.9 Å². The number of ether oxygens (including phenoxy) is 1. The molecular formula is C16H17F2N3O2. The number of rotatable bonds is 7. The molecule has 7 heteroatoms. The summed E-state index contributed by atoms with van der Waals surface area (Å²) in [5.41, 5.74) is 0.261. The zero-order valence-electron chi connectivity index (χ0n) is 12.6. The monoisotopic (exact) mass is 321 g/mol. The number of hydrogen-bond acceptors (Lipinski definition) is 4. The Labute approximate surface area is 132 Å². The molecule has 2 N–H and O–H groups in total. The molecule has 2 rings (SSSR count). The molecule has 122 valence electrons. The van der Waals surface area contributed by atoms with E-state index in [9.17, 15) is 13.6 Å². The molecule has 23 heavy (non-hydrogen) atoms. The molecule has 0 radical (unpaired) electrons. The summed E-state index contributed by atoms with van der Waals surface area (Å²) in [6.07, 6.45) is 2.26. The van der Waals surface area contributed by atoms with E-state index in [1.54, 1.807) is 13.2 Å². The van der Waals surface area contributed by atoms with Crippen molar-refractivity contribution in [3.05, 3.63) is 53.9 Å². The number of pyridine rings is 1. The average Bonchev–Trinajstić information content (AvgIpc) is 2.55. The van der Waals surface area contributed by atoms with Gasteiger partial charge in [0.15, 0.2) is 0 Å². The molecule has 1 aromatic heterocycles. The molecule has 0 aliphatic carbocycles. The summed E-state index contributed by atoms with van der Waals surface area (Å²) >= 11 is 0. The predicted octanol–water partition coefficient (Wildman–Crippen LogP) is 3.06. The third-order valence-corrected chi connectivity index (χ3v) is 3.05. The smallest absolute Gasteiger partial charge is 0.274 e. The van der Waals surface area contributed by atoms with Gasteiger partial charge >= 0.3 is 0 Å². The molecule has 0 aliphatic heterocycles. The Morgan fingerprint density at radius 2 is 2.00 bits per heavy atom. The van der Waals surface area contributed by atoms with Crippen molar-refractivity contribution in [1.82, 2.24) is 4.98 Å². The van der Waals surface area contributed by atoms with Gasteiger partial charge in [-0.15, -0.1) is 0 Å². The minimum Gasteiger partial charge on any atom is -0.385 e. The molecule has 1 aromatic carbocycles. The Morgan fingerprint density at radius 1 is 1.26 bits per heavy atom. The summed E-state index contributed by atoms with van der Waals surface area (Å²) < 4.78 is 32.0. The molecular weight excluding hydrogens is 304 g/mol. The van der Waals surface area contributed by atoms with Gasteiger partial charge in [0.05, 0.1) is 0 Å². The van der Waals surface area contributed by atoms with Crippen LogP contribution in [0.2, 0.25) is 0 Å². The fourth-order valence-corrected chi connectivity index (χ4v) is 1.91. The van der Waals surface area contributed by atoms with E-state index in [1.165, 1.54) is 18.3 Å². The van der Waals surface area contributed by atoms with Gasteiger partial charge in [0.1, 0.15) is 23.0 Å². The van der Waals surface area contributed by atoms with Crippen molar-refractivity contribution in [3.8, 4) is 0 Å². The maximum Gasteiger partial charge on any atom is 0.274 e. The summed E-state index contributed by atoms with van der Waals surface area (Å²) in [5.74, 6) is -2.37. The van der Waals surface area contributed by atoms with Crippen LogP contribution in [0.25, 0.3) is 0 Å². The van der Waals surface area contributed by atoms with Crippen molar-refractivity contribution >= 4 is 17.3 Å². The van der Waals surface area contributed by atoms with Gasteiger partial charge in [-0.25, -0.2) is 8.78 Å². The number of benzene rings is 1. The Kier molecular flexibility index (Phi) is 5.99. The highest BCUT2D eigenvalue weighted by Gasteiger charge is 2.14. The maximum absolute atomic E-state index is 13.5. The summed E-state index contributed by atoms with van der Waals surface area (Å²) in [4.78, 5) is 16.0. The van der Waals surface area contributed by atoms with Crippen molar-refractivity contribution in [2.24, 2.45) is 0 Å². The number of methoxy groups -OCH3 is 1. The lowest BCUT2D eigenvalue weighted by Gasteiger charge is -2.09. The van der Waals surface area contributed by atoms with Crippen LogP contribution in [0.5, 0.6) is 0 Å². The molecule has 0 spiro atoms. The second-order valence-electron chi connectivity index (χ2n) is 4.75. The van der Waals surface area contributed by atoms with Gasteiger partial charge in [0.25, 0.3) is 5.91 Å². The molecule has 0 saturated heterocycles. The predicted molar refractivity (Wildman–Crippen MR) is 83.5 cm³/mol. The van der Waals surface area contributed by atoms with E-state index < -0.39 is 23.2 Å². The lowest BCUT2D eigenvalue weighted by Crippen LogP contribution is -2.16. The van der Waals surface area contributed by atoms with Gasteiger partial charge in [-0.2, -0.15) is 0 Å². The molecule has 0 aliphatic rings. The number of nitrogens with one attached hydrogen (secondary N) is 2. The minimum absolute atomic E-state index is 0.0596. The fourth-order valence-electron chi connectivity index (χ4n) is 1.91. The number of aromatic nitrogens is 1. The first-order valence-electron chi connectivity index (χ1n) is 7.06. The highest BCUT2D eigenvalue weighted by atomic mass is 19.1. The van der Waals surface area contributed by atoms with Crippen molar-refractivity contribution in [2.75, 3.05) is 30.9 Å². The van der Waals surface area contributed by atoms with Crippen LogP contribution in [0.4, 0.5) is 20.2 Å². The zero-order chi connectivity index (χ0) is 16.7. The minimum atomic E-state index is -0.841. The van der Waals surface area contributed by atoms with E-state index in [2.05, 4.69) is 15.6 Å². The van der Waals surface area contributed by atoms with Gasteiger partial charge in [0.2, 0.25) is 0 Å². The van der Waals surface area contributed by atoms with E-state index in [-0.39, 0.29) is 5.69 Å². The standard InChI is InChI=1S/C16H17F2N3O2/c1-23-9-3-7-19-11-6-8-20-14(10-11)16(22)21-15-12(17)4-2-5-13(15)18/h2,4-6,8,10H,3,7,9H2,1H3,(H,19,20)(H,21,22). The second kappa shape index (κ2) is 8.19. The lowest BCUT2D eigenvalue weighted by molar-refractivity contribution is 0.102. The molecule has 0 saturated carbocycles. The maximum atomic E-state index is 13.5. The van der Waals surface area contributed by atoms with Crippen molar-refractivity contribution in [1.29, 1.82) is 0 Å². The van der Waals surface area contributed by atoms with Gasteiger partial charge in [0, 0.05) is 32.1 Å². The first-order valence-corrected chi connectivity index (χ1v) is 7.06. The van der Waals surface area contributed by atoms with Crippen LogP contribution in [0.3, 0.4) is 0 Å². The number of nitrogens with zero attached hydrogens (tertiary/aromatic N) is 1. The molecule has 2 aromatic rings. The van der Waals surface area contributed by atoms with Crippen LogP contribution < -0.4 is 10.6 Å². The Bertz CT molecular complexity index is 660. The van der Waals surface area contributed by atoms with Gasteiger partial charge < -0.3 is 15.4 Å². The highest BCUT2D eigenvalue weighted by Crippen LogP contribution is 2.19. The largest absolute Gasteiger partial charge is 0.385 e. The zero-order valence-corrected chi connectivity index (χ0v) is 12.6. The third kappa shape index (κ3) is 4.72. The Hall–Kier alpha value is -2.54. The number of carbonyl (C=O) groups excluding carboxylic acids is 1. The third-order valence-electron chi connectivity index (χ3n) is 3.05. The van der Waals surface area contributed by atoms with Crippen molar-refractivity contribution in [3.63, 3.8) is 0 Å². The lowest BCUT2D eigenvalue weighted by atomic mass is 10.2. The number of para-hydroxylation sites is 1. The topological polar surface area (TPSA) is 63.2 Å². The fraction of sp³-hybridized carbons (Fsp3) is 0.250. The molecule has 0 atom stereocenters. The van der Waals surface area contributed by atoms with E-state index in [1.807, 2.05) is 0 Å². The summed E-state index contributed by atoms with van der Waals surface area (Å²) in [6.45, 7) is 1.29. The first kappa shape index (κ1) is 16.8. The van der Waals surface area contributed by atoms with Crippen molar-refractivity contribution < 1.29 is 18.3 Å². The molecule has 0 bridgehead atoms. The first-order chi connectivity index (χ1) is 11.1. The van der Waals surface area contributed by atoms with Gasteiger partial charge in [-0.3, -0.25) is 9.78 Å².